The number of hydrogen-bond donors (Lipinski definition) is 3. The second-order valence-corrected chi connectivity index (χ2v) is 5.56. The third kappa shape index (κ3) is 3.56. The molecule has 0 aromatic heterocycles. The minimum Gasteiger partial charge on any atom is -0.507 e. The van der Waals surface area contributed by atoms with E-state index in [1.807, 2.05) is 0 Å². The molecular formula is C13H13N3O3S. The van der Waals surface area contributed by atoms with Crippen molar-refractivity contribution in [3.8, 4) is 5.75 Å². The molecule has 2 rings (SSSR count). The number of phenols is 1. The number of para-hydroxylation sites is 1. The van der Waals surface area contributed by atoms with Crippen molar-refractivity contribution in [3.63, 3.8) is 0 Å². The van der Waals surface area contributed by atoms with Crippen molar-refractivity contribution in [1.29, 1.82) is 0 Å². The maximum atomic E-state index is 11.1. The highest BCUT2D eigenvalue weighted by molar-refractivity contribution is 7.89. The quantitative estimate of drug-likeness (QED) is 0.586. The zero-order valence-electron chi connectivity index (χ0n) is 10.4. The lowest BCUT2D eigenvalue weighted by molar-refractivity contribution is 0.474. The van der Waals surface area contributed by atoms with Crippen LogP contribution in [0.3, 0.4) is 0 Å². The summed E-state index contributed by atoms with van der Waals surface area (Å²) in [5.41, 5.74) is 3.89. The van der Waals surface area contributed by atoms with Crippen molar-refractivity contribution >= 4 is 21.9 Å². The first-order valence-electron chi connectivity index (χ1n) is 5.67. The molecule has 0 aliphatic carbocycles. The first kappa shape index (κ1) is 14.0. The first-order chi connectivity index (χ1) is 9.47. The summed E-state index contributed by atoms with van der Waals surface area (Å²) in [6, 6.07) is 12.6. The molecule has 0 heterocycles. The van der Waals surface area contributed by atoms with Gasteiger partial charge in [0.25, 0.3) is 0 Å². The molecule has 104 valence electrons. The number of hydrogen-bond acceptors (Lipinski definition) is 5. The SMILES string of the molecule is NS(=O)(=O)c1ccc(N/N=C/c2ccccc2O)cc1. The number of benzene rings is 2. The van der Waals surface area contributed by atoms with Gasteiger partial charge in [-0.3, -0.25) is 5.43 Å². The maximum absolute atomic E-state index is 11.1. The highest BCUT2D eigenvalue weighted by Gasteiger charge is 2.06. The highest BCUT2D eigenvalue weighted by Crippen LogP contribution is 2.14. The van der Waals surface area contributed by atoms with Crippen molar-refractivity contribution in [1.82, 2.24) is 0 Å². The van der Waals surface area contributed by atoms with Crippen molar-refractivity contribution in [2.45, 2.75) is 4.90 Å². The van der Waals surface area contributed by atoms with E-state index in [1.54, 1.807) is 36.4 Å². The molecule has 4 N–H and O–H groups in total. The molecule has 0 spiro atoms. The Labute approximate surface area is 116 Å². The van der Waals surface area contributed by atoms with Crippen molar-refractivity contribution in [2.24, 2.45) is 10.2 Å². The molecule has 2 aromatic rings. The molecule has 7 heteroatoms. The first-order valence-corrected chi connectivity index (χ1v) is 7.21. The molecular weight excluding hydrogens is 278 g/mol. The van der Waals surface area contributed by atoms with Crippen LogP contribution in [0.25, 0.3) is 0 Å². The van der Waals surface area contributed by atoms with Crippen LogP contribution < -0.4 is 10.6 Å². The smallest absolute Gasteiger partial charge is 0.238 e. The van der Waals surface area contributed by atoms with Crippen LogP contribution in [0, 0.1) is 0 Å². The summed E-state index contributed by atoms with van der Waals surface area (Å²) in [7, 11) is -3.69. The molecule has 2 aromatic carbocycles. The monoisotopic (exact) mass is 291 g/mol. The summed E-state index contributed by atoms with van der Waals surface area (Å²) in [6.07, 6.45) is 1.46. The summed E-state index contributed by atoms with van der Waals surface area (Å²) in [5.74, 6) is 0.127. The number of anilines is 1. The lowest BCUT2D eigenvalue weighted by Gasteiger charge is -2.02. The van der Waals surface area contributed by atoms with Crippen LogP contribution in [-0.4, -0.2) is 19.7 Å². The van der Waals surface area contributed by atoms with Crippen molar-refractivity contribution < 1.29 is 13.5 Å². The zero-order valence-corrected chi connectivity index (χ0v) is 11.2. The van der Waals surface area contributed by atoms with Crippen molar-refractivity contribution in [3.05, 3.63) is 54.1 Å². The van der Waals surface area contributed by atoms with Gasteiger partial charge in [0, 0.05) is 5.56 Å². The van der Waals surface area contributed by atoms with Gasteiger partial charge in [-0.05, 0) is 36.4 Å². The molecule has 0 unspecified atom stereocenters. The summed E-state index contributed by atoms with van der Waals surface area (Å²) < 4.78 is 22.2. The molecule has 0 aliphatic rings. The third-order valence-electron chi connectivity index (χ3n) is 2.52. The molecule has 0 amide bonds. The maximum Gasteiger partial charge on any atom is 0.238 e. The van der Waals surface area contributed by atoms with E-state index in [4.69, 9.17) is 5.14 Å². The van der Waals surface area contributed by atoms with Gasteiger partial charge in [-0.25, -0.2) is 13.6 Å². The van der Waals surface area contributed by atoms with Crippen LogP contribution in [0.4, 0.5) is 5.69 Å². The van der Waals surface area contributed by atoms with Crippen LogP contribution in [-0.2, 0) is 10.0 Å². The fraction of sp³-hybridized carbons (Fsp3) is 0. The summed E-state index contributed by atoms with van der Waals surface area (Å²) in [6.45, 7) is 0. The minimum atomic E-state index is -3.69. The predicted octanol–water partition coefficient (Wildman–Crippen LogP) is 1.49. The molecule has 0 aliphatic heterocycles. The lowest BCUT2D eigenvalue weighted by Crippen LogP contribution is -2.11. The average molecular weight is 291 g/mol. The summed E-state index contributed by atoms with van der Waals surface area (Å²) >= 11 is 0. The van der Waals surface area contributed by atoms with E-state index in [1.165, 1.54) is 18.3 Å². The number of hydrazone groups is 1. The number of aromatic hydroxyl groups is 1. The van der Waals surface area contributed by atoms with Gasteiger partial charge in [-0.1, -0.05) is 12.1 Å². The van der Waals surface area contributed by atoms with Gasteiger partial charge >= 0.3 is 0 Å². The van der Waals surface area contributed by atoms with E-state index in [-0.39, 0.29) is 10.6 Å². The molecule has 0 saturated heterocycles. The Hall–Kier alpha value is -2.38. The number of sulfonamides is 1. The Morgan fingerprint density at radius 2 is 1.75 bits per heavy atom. The number of nitrogens with zero attached hydrogens (tertiary/aromatic N) is 1. The molecule has 0 atom stereocenters. The van der Waals surface area contributed by atoms with Gasteiger partial charge < -0.3 is 5.11 Å². The molecule has 20 heavy (non-hydrogen) atoms. The zero-order chi connectivity index (χ0) is 14.6. The largest absolute Gasteiger partial charge is 0.507 e. The Bertz CT molecular complexity index is 725. The van der Waals surface area contributed by atoms with E-state index in [9.17, 15) is 13.5 Å². The standard InChI is InChI=1S/C13H13N3O3S/c14-20(18,19)12-7-5-11(6-8-12)16-15-9-10-3-1-2-4-13(10)17/h1-9,16-17H,(H2,14,18,19)/b15-9+. The van der Waals surface area contributed by atoms with Crippen LogP contribution in [0.2, 0.25) is 0 Å². The topological polar surface area (TPSA) is 105 Å². The number of phenolic OH excluding ortho intramolecular Hbond substituents is 1. The molecule has 0 fully saturated rings. The normalized spacial score (nSPS) is 11.7. The molecule has 0 radical (unpaired) electrons. The Balaban J connectivity index is 2.07. The summed E-state index contributed by atoms with van der Waals surface area (Å²) in [5, 5.41) is 18.5. The van der Waals surface area contributed by atoms with E-state index in [0.29, 0.717) is 11.3 Å². The lowest BCUT2D eigenvalue weighted by atomic mass is 10.2. The number of nitrogens with one attached hydrogen (secondary N) is 1. The van der Waals surface area contributed by atoms with Gasteiger partial charge in [0.05, 0.1) is 16.8 Å². The van der Waals surface area contributed by atoms with E-state index in [0.717, 1.165) is 0 Å². The molecule has 0 bridgehead atoms. The number of rotatable bonds is 4. The second-order valence-electron chi connectivity index (χ2n) is 4.00. The van der Waals surface area contributed by atoms with Crippen LogP contribution in [0.15, 0.2) is 58.5 Å². The summed E-state index contributed by atoms with van der Waals surface area (Å²) in [4.78, 5) is 0.0349. The van der Waals surface area contributed by atoms with Gasteiger partial charge in [-0.15, -0.1) is 0 Å². The molecule has 6 nitrogen and oxygen atoms in total. The third-order valence-corrected chi connectivity index (χ3v) is 3.45. The second kappa shape index (κ2) is 5.72. The van der Waals surface area contributed by atoms with Crippen LogP contribution >= 0.6 is 0 Å². The van der Waals surface area contributed by atoms with Gasteiger partial charge in [-0.2, -0.15) is 5.10 Å². The van der Waals surface area contributed by atoms with Gasteiger partial charge in [0.1, 0.15) is 5.75 Å². The Kier molecular flexibility index (Phi) is 4.02. The van der Waals surface area contributed by atoms with Gasteiger partial charge in [0.2, 0.25) is 10.0 Å². The average Bonchev–Trinajstić information content (AvgIpc) is 2.40. The van der Waals surface area contributed by atoms with Crippen LogP contribution in [0.5, 0.6) is 5.75 Å². The fourth-order valence-corrected chi connectivity index (χ4v) is 2.01. The predicted molar refractivity (Wildman–Crippen MR) is 77.1 cm³/mol. The van der Waals surface area contributed by atoms with E-state index in [2.05, 4.69) is 10.5 Å². The van der Waals surface area contributed by atoms with Crippen LogP contribution in [0.1, 0.15) is 5.56 Å². The molecule has 0 saturated carbocycles. The van der Waals surface area contributed by atoms with E-state index >= 15 is 0 Å². The fourth-order valence-electron chi connectivity index (χ4n) is 1.49. The minimum absolute atomic E-state index is 0.0349. The van der Waals surface area contributed by atoms with Gasteiger partial charge in [0.15, 0.2) is 0 Å². The number of primary sulfonamides is 1. The highest BCUT2D eigenvalue weighted by atomic mass is 32.2. The Morgan fingerprint density at radius 1 is 1.10 bits per heavy atom. The Morgan fingerprint density at radius 3 is 2.35 bits per heavy atom. The van der Waals surface area contributed by atoms with Crippen molar-refractivity contribution in [2.75, 3.05) is 5.43 Å². The van der Waals surface area contributed by atoms with E-state index < -0.39 is 10.0 Å². The number of nitrogens with two attached hydrogens (primary N) is 1.